The highest BCUT2D eigenvalue weighted by atomic mass is 127. The molecule has 0 aliphatic heterocycles. The molecule has 1 aliphatic carbocycles. The molecule has 2 unspecified atom stereocenters. The van der Waals surface area contributed by atoms with Crippen molar-refractivity contribution in [1.82, 2.24) is 5.32 Å². The van der Waals surface area contributed by atoms with Crippen LogP contribution in [0.3, 0.4) is 0 Å². The number of thiophene rings is 1. The summed E-state index contributed by atoms with van der Waals surface area (Å²) in [5.41, 5.74) is 4.54. The van der Waals surface area contributed by atoms with Gasteiger partial charge in [0.25, 0.3) is 0 Å². The van der Waals surface area contributed by atoms with Crippen LogP contribution in [0.4, 0.5) is 0 Å². The molecule has 2 aromatic rings. The van der Waals surface area contributed by atoms with Crippen LogP contribution < -0.4 is 5.32 Å². The second kappa shape index (κ2) is 5.31. The van der Waals surface area contributed by atoms with Crippen molar-refractivity contribution in [2.24, 2.45) is 0 Å². The average molecular weight is 369 g/mol. The molecule has 0 radical (unpaired) electrons. The van der Waals surface area contributed by atoms with Gasteiger partial charge in [-0.1, -0.05) is 24.3 Å². The van der Waals surface area contributed by atoms with E-state index in [9.17, 15) is 0 Å². The van der Waals surface area contributed by atoms with Crippen LogP contribution in [0.1, 0.15) is 35.1 Å². The minimum absolute atomic E-state index is 0.489. The molecule has 1 aliphatic rings. The first-order valence-corrected chi connectivity index (χ1v) is 8.22. The molecule has 0 spiro atoms. The Bertz CT molecular complexity index is 549. The lowest BCUT2D eigenvalue weighted by Gasteiger charge is -2.32. The number of nitrogens with one attached hydrogen (secondary N) is 1. The van der Waals surface area contributed by atoms with Gasteiger partial charge in [0.2, 0.25) is 0 Å². The Morgan fingerprint density at radius 1 is 1.44 bits per heavy atom. The van der Waals surface area contributed by atoms with Gasteiger partial charge in [0.05, 0.1) is 2.88 Å². The molecule has 0 saturated heterocycles. The summed E-state index contributed by atoms with van der Waals surface area (Å²) in [6.45, 7) is 0. The maximum Gasteiger partial charge on any atom is 0.0656 e. The topological polar surface area (TPSA) is 12.0 Å². The molecule has 3 heteroatoms. The van der Waals surface area contributed by atoms with E-state index in [4.69, 9.17) is 0 Å². The minimum atomic E-state index is 0.489. The fourth-order valence-electron chi connectivity index (χ4n) is 2.78. The molecule has 0 saturated carbocycles. The number of benzene rings is 1. The first-order valence-electron chi connectivity index (χ1n) is 6.27. The molecular weight excluding hydrogens is 353 g/mol. The van der Waals surface area contributed by atoms with Gasteiger partial charge in [0.1, 0.15) is 0 Å². The quantitative estimate of drug-likeness (QED) is 0.791. The number of hydrogen-bond acceptors (Lipinski definition) is 2. The second-order valence-electron chi connectivity index (χ2n) is 4.86. The van der Waals surface area contributed by atoms with E-state index in [1.807, 2.05) is 11.3 Å². The van der Waals surface area contributed by atoms with Gasteiger partial charge in [-0.25, -0.2) is 0 Å². The van der Waals surface area contributed by atoms with Crippen molar-refractivity contribution < 1.29 is 0 Å². The van der Waals surface area contributed by atoms with E-state index in [1.54, 1.807) is 5.56 Å². The zero-order valence-electron chi connectivity index (χ0n) is 10.3. The molecule has 1 aromatic heterocycles. The predicted octanol–water partition coefficient (Wildman–Crippen LogP) is 4.34. The third-order valence-electron chi connectivity index (χ3n) is 3.82. The van der Waals surface area contributed by atoms with Crippen LogP contribution in [0.2, 0.25) is 0 Å². The van der Waals surface area contributed by atoms with Gasteiger partial charge in [-0.15, -0.1) is 11.3 Å². The van der Waals surface area contributed by atoms with Crippen LogP contribution in [0.25, 0.3) is 0 Å². The largest absolute Gasteiger partial charge is 0.313 e. The van der Waals surface area contributed by atoms with E-state index in [0.29, 0.717) is 6.04 Å². The molecule has 2 atom stereocenters. The lowest BCUT2D eigenvalue weighted by molar-refractivity contribution is 0.453. The van der Waals surface area contributed by atoms with Crippen LogP contribution in [0.15, 0.2) is 35.7 Å². The van der Waals surface area contributed by atoms with Crippen LogP contribution in [-0.2, 0) is 6.42 Å². The van der Waals surface area contributed by atoms with E-state index in [0.717, 1.165) is 5.92 Å². The number of fused-ring (bicyclic) bond motifs is 1. The zero-order valence-corrected chi connectivity index (χ0v) is 13.3. The first-order chi connectivity index (χ1) is 8.78. The first kappa shape index (κ1) is 12.6. The van der Waals surface area contributed by atoms with E-state index < -0.39 is 0 Å². The highest BCUT2D eigenvalue weighted by Gasteiger charge is 2.28. The summed E-state index contributed by atoms with van der Waals surface area (Å²) in [5, 5.41) is 5.75. The van der Waals surface area contributed by atoms with Crippen LogP contribution >= 0.6 is 33.9 Å². The van der Waals surface area contributed by atoms with Crippen molar-refractivity contribution >= 4 is 33.9 Å². The highest BCUT2D eigenvalue weighted by molar-refractivity contribution is 14.1. The van der Waals surface area contributed by atoms with Crippen molar-refractivity contribution in [3.63, 3.8) is 0 Å². The molecule has 1 N–H and O–H groups in total. The van der Waals surface area contributed by atoms with Gasteiger partial charge in [0, 0.05) is 6.04 Å². The van der Waals surface area contributed by atoms with Gasteiger partial charge >= 0.3 is 0 Å². The summed E-state index contributed by atoms with van der Waals surface area (Å²) in [4.78, 5) is 0. The Kier molecular flexibility index (Phi) is 3.73. The van der Waals surface area contributed by atoms with Crippen molar-refractivity contribution in [1.29, 1.82) is 0 Å². The van der Waals surface area contributed by atoms with Crippen LogP contribution in [-0.4, -0.2) is 7.05 Å². The summed E-state index contributed by atoms with van der Waals surface area (Å²) < 4.78 is 1.37. The van der Waals surface area contributed by atoms with Gasteiger partial charge in [0.15, 0.2) is 0 Å². The van der Waals surface area contributed by atoms with Crippen LogP contribution in [0, 0.1) is 2.88 Å². The molecule has 18 heavy (non-hydrogen) atoms. The minimum Gasteiger partial charge on any atom is -0.313 e. The Labute approximate surface area is 126 Å². The standard InChI is InChI=1S/C15H16INS/c1-17-14(12-8-15(16)18-9-12)7-11-6-10-4-2-3-5-13(10)11/h2-5,8-9,11,14,17H,6-7H2,1H3. The highest BCUT2D eigenvalue weighted by Crippen LogP contribution is 2.41. The monoisotopic (exact) mass is 369 g/mol. The number of halogens is 1. The molecular formula is C15H16INS. The summed E-state index contributed by atoms with van der Waals surface area (Å²) in [7, 11) is 2.07. The van der Waals surface area contributed by atoms with E-state index in [-0.39, 0.29) is 0 Å². The van der Waals surface area contributed by atoms with Crippen LogP contribution in [0.5, 0.6) is 0 Å². The Balaban J connectivity index is 1.73. The molecule has 1 heterocycles. The summed E-state index contributed by atoms with van der Waals surface area (Å²) >= 11 is 4.23. The third kappa shape index (κ3) is 2.36. The van der Waals surface area contributed by atoms with Crippen molar-refractivity contribution in [2.45, 2.75) is 24.8 Å². The number of rotatable bonds is 4. The van der Waals surface area contributed by atoms with Gasteiger partial charge in [-0.05, 0) is 76.5 Å². The fraction of sp³-hybridized carbons (Fsp3) is 0.333. The molecule has 1 nitrogen and oxygen atoms in total. The second-order valence-corrected chi connectivity index (χ2v) is 7.67. The summed E-state index contributed by atoms with van der Waals surface area (Å²) in [6.07, 6.45) is 2.45. The molecule has 0 bridgehead atoms. The SMILES string of the molecule is CNC(CC1Cc2ccccc21)c1csc(I)c1. The maximum atomic E-state index is 3.46. The Morgan fingerprint density at radius 2 is 2.28 bits per heavy atom. The average Bonchev–Trinajstić information content (AvgIpc) is 2.77. The normalized spacial score (nSPS) is 19.1. The van der Waals surface area contributed by atoms with Crippen molar-refractivity contribution in [3.8, 4) is 0 Å². The van der Waals surface area contributed by atoms with Gasteiger partial charge in [-0.2, -0.15) is 0 Å². The lowest BCUT2D eigenvalue weighted by atomic mass is 9.74. The van der Waals surface area contributed by atoms with Crippen molar-refractivity contribution in [3.05, 3.63) is 55.3 Å². The summed E-state index contributed by atoms with van der Waals surface area (Å²) in [6, 6.07) is 11.6. The molecule has 3 rings (SSSR count). The fourth-order valence-corrected chi connectivity index (χ4v) is 4.21. The van der Waals surface area contributed by atoms with E-state index >= 15 is 0 Å². The lowest BCUT2D eigenvalue weighted by Crippen LogP contribution is -2.24. The zero-order chi connectivity index (χ0) is 12.5. The smallest absolute Gasteiger partial charge is 0.0656 e. The molecule has 1 aromatic carbocycles. The molecule has 0 amide bonds. The predicted molar refractivity (Wildman–Crippen MR) is 86.3 cm³/mol. The number of hydrogen-bond donors (Lipinski definition) is 1. The maximum absolute atomic E-state index is 3.46. The van der Waals surface area contributed by atoms with Gasteiger partial charge in [-0.3, -0.25) is 0 Å². The third-order valence-corrected chi connectivity index (χ3v) is 5.63. The molecule has 94 valence electrons. The Morgan fingerprint density at radius 3 is 2.94 bits per heavy atom. The Hall–Kier alpha value is -0.390. The van der Waals surface area contributed by atoms with Crippen molar-refractivity contribution in [2.75, 3.05) is 7.05 Å². The molecule has 0 fully saturated rings. The van der Waals surface area contributed by atoms with E-state index in [1.165, 1.54) is 26.9 Å². The summed E-state index contributed by atoms with van der Waals surface area (Å²) in [5.74, 6) is 0.733. The van der Waals surface area contributed by atoms with Gasteiger partial charge < -0.3 is 5.32 Å². The van der Waals surface area contributed by atoms with E-state index in [2.05, 4.69) is 70.7 Å².